The summed E-state index contributed by atoms with van der Waals surface area (Å²) in [6.45, 7) is 5.81. The van der Waals surface area contributed by atoms with Gasteiger partial charge in [0.25, 0.3) is 11.8 Å². The first kappa shape index (κ1) is 22.3. The van der Waals surface area contributed by atoms with E-state index in [1.54, 1.807) is 30.3 Å². The van der Waals surface area contributed by atoms with Crippen molar-refractivity contribution in [1.82, 2.24) is 0 Å². The van der Waals surface area contributed by atoms with Gasteiger partial charge >= 0.3 is 0 Å². The van der Waals surface area contributed by atoms with E-state index in [1.165, 1.54) is 11.3 Å². The van der Waals surface area contributed by atoms with Gasteiger partial charge < -0.3 is 20.3 Å². The number of nitrogens with zero attached hydrogens (tertiary/aromatic N) is 1. The lowest BCUT2D eigenvalue weighted by atomic mass is 10.1. The lowest BCUT2D eigenvalue weighted by molar-refractivity contribution is -0.00521. The highest BCUT2D eigenvalue weighted by Gasteiger charge is 2.22. The van der Waals surface area contributed by atoms with E-state index in [0.29, 0.717) is 26.8 Å². The van der Waals surface area contributed by atoms with Crippen molar-refractivity contribution in [3.63, 3.8) is 0 Å². The minimum Gasteiger partial charge on any atom is -0.372 e. The number of carbonyl (C=O) groups is 2. The topological polar surface area (TPSA) is 70.7 Å². The third-order valence-electron chi connectivity index (χ3n) is 5.13. The number of thiophene rings is 1. The normalized spacial score (nSPS) is 18.3. The summed E-state index contributed by atoms with van der Waals surface area (Å²) in [7, 11) is 0. The first-order valence-electron chi connectivity index (χ1n) is 10.4. The molecule has 32 heavy (non-hydrogen) atoms. The van der Waals surface area contributed by atoms with E-state index in [1.807, 2.05) is 29.6 Å². The molecule has 1 aliphatic rings. The second-order valence-corrected chi connectivity index (χ2v) is 9.14. The van der Waals surface area contributed by atoms with Gasteiger partial charge in [0.2, 0.25) is 0 Å². The number of amides is 2. The maximum atomic E-state index is 12.8. The average molecular weight is 470 g/mol. The molecule has 0 aliphatic carbocycles. The molecule has 0 bridgehead atoms. The lowest BCUT2D eigenvalue weighted by Crippen LogP contribution is -2.45. The van der Waals surface area contributed by atoms with Gasteiger partial charge in [-0.3, -0.25) is 9.59 Å². The Morgan fingerprint density at radius 1 is 1.00 bits per heavy atom. The molecule has 166 valence electrons. The Labute approximate surface area is 196 Å². The Morgan fingerprint density at radius 3 is 2.38 bits per heavy atom. The predicted molar refractivity (Wildman–Crippen MR) is 130 cm³/mol. The molecular weight excluding hydrogens is 446 g/mol. The highest BCUT2D eigenvalue weighted by Crippen LogP contribution is 2.26. The molecule has 1 aliphatic heterocycles. The van der Waals surface area contributed by atoms with Crippen LogP contribution in [0.4, 0.5) is 17.1 Å². The molecule has 4 rings (SSSR count). The van der Waals surface area contributed by atoms with Crippen LogP contribution in [0.15, 0.2) is 60.0 Å². The smallest absolute Gasteiger partial charge is 0.265 e. The van der Waals surface area contributed by atoms with Crippen molar-refractivity contribution < 1.29 is 14.3 Å². The summed E-state index contributed by atoms with van der Waals surface area (Å²) in [6.07, 6.45) is 0.357. The van der Waals surface area contributed by atoms with Crippen LogP contribution in [-0.2, 0) is 4.74 Å². The van der Waals surface area contributed by atoms with Gasteiger partial charge in [-0.05, 0) is 67.8 Å². The molecule has 2 unspecified atom stereocenters. The Balaban J connectivity index is 1.43. The third kappa shape index (κ3) is 5.30. The molecule has 1 aromatic heterocycles. The van der Waals surface area contributed by atoms with Gasteiger partial charge in [0.15, 0.2) is 0 Å². The number of hydrogen-bond donors (Lipinski definition) is 2. The Hall–Kier alpha value is -2.87. The minimum absolute atomic E-state index is 0.178. The van der Waals surface area contributed by atoms with Crippen LogP contribution in [0.3, 0.4) is 0 Å². The van der Waals surface area contributed by atoms with E-state index in [4.69, 9.17) is 16.3 Å². The fourth-order valence-electron chi connectivity index (χ4n) is 3.70. The Kier molecular flexibility index (Phi) is 6.79. The summed E-state index contributed by atoms with van der Waals surface area (Å²) in [6, 6.07) is 16.1. The molecule has 1 saturated heterocycles. The summed E-state index contributed by atoms with van der Waals surface area (Å²) < 4.78 is 5.79. The molecule has 2 amide bonds. The second kappa shape index (κ2) is 9.73. The van der Waals surface area contributed by atoms with Crippen molar-refractivity contribution in [2.24, 2.45) is 0 Å². The maximum Gasteiger partial charge on any atom is 0.265 e. The summed E-state index contributed by atoms with van der Waals surface area (Å²) >= 11 is 7.56. The van der Waals surface area contributed by atoms with Gasteiger partial charge in [-0.15, -0.1) is 11.3 Å². The van der Waals surface area contributed by atoms with Crippen molar-refractivity contribution in [3.8, 4) is 0 Å². The van der Waals surface area contributed by atoms with Crippen LogP contribution < -0.4 is 15.5 Å². The number of rotatable bonds is 5. The molecule has 0 radical (unpaired) electrons. The van der Waals surface area contributed by atoms with Crippen molar-refractivity contribution in [1.29, 1.82) is 0 Å². The highest BCUT2D eigenvalue weighted by atomic mass is 35.5. The van der Waals surface area contributed by atoms with Crippen molar-refractivity contribution in [3.05, 3.63) is 75.4 Å². The van der Waals surface area contributed by atoms with Crippen LogP contribution in [0, 0.1) is 0 Å². The molecule has 2 aromatic carbocycles. The molecule has 0 spiro atoms. The first-order chi connectivity index (χ1) is 15.4. The molecule has 6 nitrogen and oxygen atoms in total. The number of halogens is 1. The van der Waals surface area contributed by atoms with Gasteiger partial charge in [0, 0.05) is 30.0 Å². The number of ether oxygens (including phenoxy) is 1. The molecule has 3 aromatic rings. The molecule has 2 N–H and O–H groups in total. The SMILES string of the molecule is CC1CN(c2ccc(NC(=O)c3ccc(Cl)c(NC(=O)c4cccs4)c3)cc2)CC(C)O1. The molecule has 0 saturated carbocycles. The van der Waals surface area contributed by atoms with Gasteiger partial charge in [-0.25, -0.2) is 0 Å². The number of anilines is 3. The number of carbonyl (C=O) groups excluding carboxylic acids is 2. The van der Waals surface area contributed by atoms with Crippen LogP contribution >= 0.6 is 22.9 Å². The first-order valence-corrected chi connectivity index (χ1v) is 11.6. The quantitative estimate of drug-likeness (QED) is 0.516. The minimum atomic E-state index is -0.283. The van der Waals surface area contributed by atoms with Crippen molar-refractivity contribution in [2.45, 2.75) is 26.1 Å². The van der Waals surface area contributed by atoms with E-state index < -0.39 is 0 Å². The summed E-state index contributed by atoms with van der Waals surface area (Å²) in [5, 5.41) is 7.85. The second-order valence-electron chi connectivity index (χ2n) is 7.79. The van der Waals surface area contributed by atoms with Gasteiger partial charge in [0.1, 0.15) is 0 Å². The Bertz CT molecular complexity index is 1090. The van der Waals surface area contributed by atoms with Crippen molar-refractivity contribution >= 4 is 51.8 Å². The largest absolute Gasteiger partial charge is 0.372 e. The fraction of sp³-hybridized carbons (Fsp3) is 0.250. The van der Waals surface area contributed by atoms with Crippen LogP contribution in [0.5, 0.6) is 0 Å². The van der Waals surface area contributed by atoms with E-state index >= 15 is 0 Å². The molecule has 2 atom stereocenters. The molecular formula is C24H24ClN3O3S. The Morgan fingerprint density at radius 2 is 1.72 bits per heavy atom. The van der Waals surface area contributed by atoms with Crippen LogP contribution in [0.1, 0.15) is 33.9 Å². The average Bonchev–Trinajstić information content (AvgIpc) is 3.30. The van der Waals surface area contributed by atoms with Gasteiger partial charge in [0.05, 0.1) is 27.8 Å². The standard InChI is InChI=1S/C24H24ClN3O3S/c1-15-13-28(14-16(2)31-15)19-8-6-18(7-9-19)26-23(29)17-5-10-20(25)21(12-17)27-24(30)22-4-3-11-32-22/h3-12,15-16H,13-14H2,1-2H3,(H,26,29)(H,27,30). The highest BCUT2D eigenvalue weighted by molar-refractivity contribution is 7.12. The zero-order valence-corrected chi connectivity index (χ0v) is 19.4. The summed E-state index contributed by atoms with van der Waals surface area (Å²) in [4.78, 5) is 28.0. The van der Waals surface area contributed by atoms with Gasteiger partial charge in [-0.1, -0.05) is 17.7 Å². The lowest BCUT2D eigenvalue weighted by Gasteiger charge is -2.36. The van der Waals surface area contributed by atoms with Crippen molar-refractivity contribution in [2.75, 3.05) is 28.6 Å². The number of nitrogens with one attached hydrogen (secondary N) is 2. The predicted octanol–water partition coefficient (Wildman–Crippen LogP) is 5.52. The van der Waals surface area contributed by atoms with Crippen LogP contribution in [-0.4, -0.2) is 37.1 Å². The number of hydrogen-bond acceptors (Lipinski definition) is 5. The number of benzene rings is 2. The van der Waals surface area contributed by atoms with E-state index in [-0.39, 0.29) is 24.0 Å². The summed E-state index contributed by atoms with van der Waals surface area (Å²) in [5.74, 6) is -0.545. The molecule has 2 heterocycles. The zero-order chi connectivity index (χ0) is 22.7. The van der Waals surface area contributed by atoms with Crippen LogP contribution in [0.25, 0.3) is 0 Å². The molecule has 1 fully saturated rings. The van der Waals surface area contributed by atoms with Crippen LogP contribution in [0.2, 0.25) is 5.02 Å². The maximum absolute atomic E-state index is 12.8. The molecule has 8 heteroatoms. The third-order valence-corrected chi connectivity index (χ3v) is 6.33. The van der Waals surface area contributed by atoms with E-state index in [9.17, 15) is 9.59 Å². The number of morpholine rings is 1. The summed E-state index contributed by atoms with van der Waals surface area (Å²) in [5.41, 5.74) is 2.57. The van der Waals surface area contributed by atoms with E-state index in [0.717, 1.165) is 18.8 Å². The monoisotopic (exact) mass is 469 g/mol. The van der Waals surface area contributed by atoms with E-state index in [2.05, 4.69) is 29.4 Å². The van der Waals surface area contributed by atoms with Gasteiger partial charge in [-0.2, -0.15) is 0 Å². The fourth-order valence-corrected chi connectivity index (χ4v) is 4.49. The zero-order valence-electron chi connectivity index (χ0n) is 17.8.